The molecule has 3 rings (SSSR count). The van der Waals surface area contributed by atoms with Gasteiger partial charge in [0, 0.05) is 6.20 Å². The van der Waals surface area contributed by atoms with E-state index in [9.17, 15) is 21.6 Å². The first-order chi connectivity index (χ1) is 11.8. The fourth-order valence-electron chi connectivity index (χ4n) is 2.69. The normalized spacial score (nSPS) is 14.8. The molecule has 134 valence electrons. The molecule has 1 aromatic heterocycles. The maximum Gasteiger partial charge on any atom is 0.417 e. The highest BCUT2D eigenvalue weighted by atomic mass is 32.2. The van der Waals surface area contributed by atoms with Crippen molar-refractivity contribution in [2.75, 3.05) is 5.43 Å². The Morgan fingerprint density at radius 1 is 1.00 bits per heavy atom. The molecule has 25 heavy (non-hydrogen) atoms. The van der Waals surface area contributed by atoms with Crippen LogP contribution in [0, 0.1) is 0 Å². The van der Waals surface area contributed by atoms with Crippen molar-refractivity contribution in [3.63, 3.8) is 0 Å². The number of hydrazine groups is 1. The molecule has 0 saturated carbocycles. The van der Waals surface area contributed by atoms with E-state index in [1.807, 2.05) is 0 Å². The van der Waals surface area contributed by atoms with Crippen LogP contribution in [0.25, 0.3) is 0 Å². The highest BCUT2D eigenvalue weighted by Crippen LogP contribution is 2.29. The molecule has 2 aromatic rings. The number of nitrogens with zero attached hydrogens (tertiary/aromatic N) is 1. The van der Waals surface area contributed by atoms with E-state index in [2.05, 4.69) is 15.2 Å². The lowest BCUT2D eigenvalue weighted by Crippen LogP contribution is -2.30. The quantitative estimate of drug-likeness (QED) is 0.809. The zero-order valence-electron chi connectivity index (χ0n) is 13.1. The van der Waals surface area contributed by atoms with Gasteiger partial charge in [0.2, 0.25) is 0 Å². The summed E-state index contributed by atoms with van der Waals surface area (Å²) < 4.78 is 62.1. The van der Waals surface area contributed by atoms with Crippen molar-refractivity contribution < 1.29 is 21.6 Å². The van der Waals surface area contributed by atoms with Crippen LogP contribution in [-0.2, 0) is 29.0 Å². The van der Waals surface area contributed by atoms with Gasteiger partial charge in [-0.1, -0.05) is 6.07 Å². The number of anilines is 1. The van der Waals surface area contributed by atoms with Crippen molar-refractivity contribution in [2.45, 2.75) is 36.8 Å². The summed E-state index contributed by atoms with van der Waals surface area (Å²) in [6.07, 6.45) is 0.0449. The summed E-state index contributed by atoms with van der Waals surface area (Å²) in [7, 11) is -3.85. The standard InChI is InChI=1S/C16H16F3N3O2S/c17-16(18,19)13-6-8-15(20-10-13)21-22-25(23,24)14-7-5-11-3-1-2-4-12(11)9-14/h5-10,22H,1-4H2,(H,20,21). The number of hydrogen-bond acceptors (Lipinski definition) is 4. The second kappa shape index (κ2) is 6.64. The first-order valence-electron chi connectivity index (χ1n) is 7.68. The molecule has 1 heterocycles. The Kier molecular flexibility index (Phi) is 4.70. The van der Waals surface area contributed by atoms with Crippen molar-refractivity contribution >= 4 is 15.8 Å². The number of aryl methyl sites for hydroxylation is 2. The Hall–Kier alpha value is -2.13. The van der Waals surface area contributed by atoms with E-state index in [0.29, 0.717) is 6.20 Å². The maximum absolute atomic E-state index is 12.5. The molecule has 0 spiro atoms. The molecule has 0 bridgehead atoms. The zero-order chi connectivity index (χ0) is 18.1. The molecule has 1 aromatic carbocycles. The Morgan fingerprint density at radius 3 is 2.36 bits per heavy atom. The number of sulfonamides is 1. The Labute approximate surface area is 143 Å². The zero-order valence-corrected chi connectivity index (χ0v) is 13.9. The molecular formula is C16H16F3N3O2S. The molecule has 9 heteroatoms. The topological polar surface area (TPSA) is 71.1 Å². The van der Waals surface area contributed by atoms with Crippen LogP contribution in [-0.4, -0.2) is 13.4 Å². The number of hydrogen-bond donors (Lipinski definition) is 2. The molecule has 0 radical (unpaired) electrons. The molecular weight excluding hydrogens is 355 g/mol. The summed E-state index contributed by atoms with van der Waals surface area (Å²) in [6, 6.07) is 6.84. The number of halogens is 3. The predicted octanol–water partition coefficient (Wildman–Crippen LogP) is 3.28. The number of nitrogens with one attached hydrogen (secondary N) is 2. The molecule has 1 aliphatic rings. The second-order valence-corrected chi connectivity index (χ2v) is 7.48. The fraction of sp³-hybridized carbons (Fsp3) is 0.312. The van der Waals surface area contributed by atoms with Gasteiger partial charge in [-0.05, 0) is 61.1 Å². The average Bonchev–Trinajstić information content (AvgIpc) is 2.59. The van der Waals surface area contributed by atoms with Crippen molar-refractivity contribution in [1.82, 2.24) is 9.82 Å². The van der Waals surface area contributed by atoms with Crippen LogP contribution in [0.4, 0.5) is 19.0 Å². The molecule has 2 N–H and O–H groups in total. The smallest absolute Gasteiger partial charge is 0.292 e. The van der Waals surface area contributed by atoms with Crippen LogP contribution in [0.2, 0.25) is 0 Å². The summed E-state index contributed by atoms with van der Waals surface area (Å²) >= 11 is 0. The number of alkyl halides is 3. The van der Waals surface area contributed by atoms with Crippen LogP contribution in [0.3, 0.4) is 0 Å². The molecule has 0 saturated heterocycles. The third kappa shape index (κ3) is 4.10. The molecule has 0 atom stereocenters. The van der Waals surface area contributed by atoms with Gasteiger partial charge in [-0.2, -0.15) is 13.2 Å². The first-order valence-corrected chi connectivity index (χ1v) is 9.17. The molecule has 5 nitrogen and oxygen atoms in total. The first kappa shape index (κ1) is 17.7. The minimum absolute atomic E-state index is 0.0328. The molecule has 0 aliphatic heterocycles. The van der Waals surface area contributed by atoms with Gasteiger partial charge in [-0.3, -0.25) is 5.43 Å². The van der Waals surface area contributed by atoms with Gasteiger partial charge in [0.05, 0.1) is 10.5 Å². The number of pyridine rings is 1. The average molecular weight is 371 g/mol. The molecule has 0 unspecified atom stereocenters. The minimum atomic E-state index is -4.49. The van der Waals surface area contributed by atoms with E-state index in [0.717, 1.165) is 48.9 Å². The Bertz CT molecular complexity index is 865. The predicted molar refractivity (Wildman–Crippen MR) is 86.3 cm³/mol. The van der Waals surface area contributed by atoms with E-state index >= 15 is 0 Å². The SMILES string of the molecule is O=S(=O)(NNc1ccc(C(F)(F)F)cn1)c1ccc2c(c1)CCCC2. The largest absolute Gasteiger partial charge is 0.417 e. The number of rotatable bonds is 4. The lowest BCUT2D eigenvalue weighted by atomic mass is 9.92. The highest BCUT2D eigenvalue weighted by Gasteiger charge is 2.30. The number of fused-ring (bicyclic) bond motifs is 1. The van der Waals surface area contributed by atoms with Crippen molar-refractivity contribution in [1.29, 1.82) is 0 Å². The van der Waals surface area contributed by atoms with Crippen molar-refractivity contribution in [3.8, 4) is 0 Å². The third-order valence-corrected chi connectivity index (χ3v) is 5.28. The van der Waals surface area contributed by atoms with Gasteiger partial charge in [0.15, 0.2) is 0 Å². The van der Waals surface area contributed by atoms with Crippen LogP contribution < -0.4 is 10.3 Å². The number of benzene rings is 1. The summed E-state index contributed by atoms with van der Waals surface area (Å²) in [5, 5.41) is 0. The highest BCUT2D eigenvalue weighted by molar-refractivity contribution is 7.89. The van der Waals surface area contributed by atoms with E-state index in [4.69, 9.17) is 0 Å². The van der Waals surface area contributed by atoms with Crippen molar-refractivity contribution in [2.24, 2.45) is 0 Å². The minimum Gasteiger partial charge on any atom is -0.292 e. The molecule has 1 aliphatic carbocycles. The Morgan fingerprint density at radius 2 is 1.72 bits per heavy atom. The fourth-order valence-corrected chi connectivity index (χ4v) is 3.59. The Balaban J connectivity index is 1.71. The molecule has 0 fully saturated rings. The maximum atomic E-state index is 12.5. The lowest BCUT2D eigenvalue weighted by molar-refractivity contribution is -0.137. The van der Waals surface area contributed by atoms with E-state index in [1.165, 1.54) is 6.07 Å². The second-order valence-electron chi connectivity index (χ2n) is 5.80. The van der Waals surface area contributed by atoms with Gasteiger partial charge in [0.25, 0.3) is 10.0 Å². The monoisotopic (exact) mass is 371 g/mol. The molecule has 0 amide bonds. The summed E-state index contributed by atoms with van der Waals surface area (Å²) in [5.41, 5.74) is 3.59. The van der Waals surface area contributed by atoms with E-state index in [1.54, 1.807) is 12.1 Å². The van der Waals surface area contributed by atoms with Crippen molar-refractivity contribution in [3.05, 3.63) is 53.2 Å². The van der Waals surface area contributed by atoms with E-state index in [-0.39, 0.29) is 10.7 Å². The van der Waals surface area contributed by atoms with Gasteiger partial charge in [-0.25, -0.2) is 13.4 Å². The number of aromatic nitrogens is 1. The van der Waals surface area contributed by atoms with Crippen LogP contribution in [0.1, 0.15) is 29.5 Å². The van der Waals surface area contributed by atoms with Gasteiger partial charge < -0.3 is 0 Å². The van der Waals surface area contributed by atoms with E-state index < -0.39 is 21.8 Å². The van der Waals surface area contributed by atoms with Gasteiger partial charge in [-0.15, -0.1) is 4.83 Å². The van der Waals surface area contributed by atoms with Gasteiger partial charge >= 0.3 is 6.18 Å². The summed E-state index contributed by atoms with van der Waals surface area (Å²) in [6.45, 7) is 0. The third-order valence-electron chi connectivity index (χ3n) is 4.03. The van der Waals surface area contributed by atoms with Crippen LogP contribution in [0.15, 0.2) is 41.4 Å². The lowest BCUT2D eigenvalue weighted by Gasteiger charge is -2.17. The van der Waals surface area contributed by atoms with Gasteiger partial charge in [0.1, 0.15) is 5.82 Å². The summed E-state index contributed by atoms with van der Waals surface area (Å²) in [4.78, 5) is 5.79. The summed E-state index contributed by atoms with van der Waals surface area (Å²) in [5.74, 6) is -0.0328. The van der Waals surface area contributed by atoms with Crippen LogP contribution in [0.5, 0.6) is 0 Å². The van der Waals surface area contributed by atoms with Crippen LogP contribution >= 0.6 is 0 Å².